The van der Waals surface area contributed by atoms with Gasteiger partial charge in [0.1, 0.15) is 35.7 Å². The molecule has 1 aliphatic rings. The molecular weight excluding hydrogens is 372 g/mol. The Hall–Kier alpha value is -3.46. The number of nitrogens with zero attached hydrogens (tertiary/aromatic N) is 5. The van der Waals surface area contributed by atoms with Crippen LogP contribution < -0.4 is 15.0 Å². The third-order valence-corrected chi connectivity index (χ3v) is 4.64. The summed E-state index contributed by atoms with van der Waals surface area (Å²) in [7, 11) is 1.61. The van der Waals surface area contributed by atoms with Crippen LogP contribution in [0, 0.1) is 0 Å². The van der Waals surface area contributed by atoms with Crippen molar-refractivity contribution in [3.8, 4) is 11.6 Å². The highest BCUT2D eigenvalue weighted by Crippen LogP contribution is 2.16. The van der Waals surface area contributed by atoms with Crippen LogP contribution >= 0.6 is 0 Å². The maximum absolute atomic E-state index is 12.5. The molecule has 9 heteroatoms. The topological polar surface area (TPSA) is 94.4 Å². The fraction of sp³-hybridized carbons (Fsp3) is 0.300. The lowest BCUT2D eigenvalue weighted by Crippen LogP contribution is -2.36. The Morgan fingerprint density at radius 1 is 1.17 bits per heavy atom. The predicted molar refractivity (Wildman–Crippen MR) is 106 cm³/mol. The summed E-state index contributed by atoms with van der Waals surface area (Å²) in [5.41, 5.74) is 1.27. The van der Waals surface area contributed by atoms with Crippen molar-refractivity contribution < 1.29 is 14.3 Å². The molecule has 9 nitrogen and oxygen atoms in total. The molecule has 4 rings (SSSR count). The quantitative estimate of drug-likeness (QED) is 0.676. The molecule has 1 fully saturated rings. The monoisotopic (exact) mass is 394 g/mol. The molecule has 29 heavy (non-hydrogen) atoms. The molecule has 0 radical (unpaired) electrons. The Bertz CT molecular complexity index is 984. The van der Waals surface area contributed by atoms with Crippen LogP contribution in [0.3, 0.4) is 0 Å². The zero-order valence-corrected chi connectivity index (χ0v) is 16.1. The number of hydrogen-bond acceptors (Lipinski definition) is 7. The number of aromatic nitrogens is 4. The molecule has 1 amide bonds. The van der Waals surface area contributed by atoms with E-state index >= 15 is 0 Å². The van der Waals surface area contributed by atoms with Crippen molar-refractivity contribution in [2.75, 3.05) is 38.3 Å². The van der Waals surface area contributed by atoms with Crippen LogP contribution in [0.4, 0.5) is 5.82 Å². The molecule has 0 atom stereocenters. The first-order valence-electron chi connectivity index (χ1n) is 9.33. The first-order chi connectivity index (χ1) is 14.2. The van der Waals surface area contributed by atoms with Crippen molar-refractivity contribution in [3.63, 3.8) is 0 Å². The van der Waals surface area contributed by atoms with E-state index < -0.39 is 0 Å². The highest BCUT2D eigenvalue weighted by Gasteiger charge is 2.15. The molecule has 0 bridgehead atoms. The number of methoxy groups -OCH3 is 1. The number of morpholine rings is 1. The summed E-state index contributed by atoms with van der Waals surface area (Å²) >= 11 is 0. The lowest BCUT2D eigenvalue weighted by atomic mass is 10.2. The molecule has 0 unspecified atom stereocenters. The maximum atomic E-state index is 12.5. The number of ether oxygens (including phenoxy) is 2. The van der Waals surface area contributed by atoms with Gasteiger partial charge in [-0.15, -0.1) is 0 Å². The number of benzene rings is 1. The third-order valence-electron chi connectivity index (χ3n) is 4.64. The van der Waals surface area contributed by atoms with E-state index in [0.29, 0.717) is 31.3 Å². The van der Waals surface area contributed by atoms with Gasteiger partial charge >= 0.3 is 0 Å². The van der Waals surface area contributed by atoms with Crippen molar-refractivity contribution in [2.45, 2.75) is 6.54 Å². The van der Waals surface area contributed by atoms with E-state index in [1.54, 1.807) is 24.2 Å². The standard InChI is InChI=1S/C20H22N6O3/c1-28-16-4-2-3-15(9-16)11-21-20(27)17-12-26(14-24-17)19-10-18(22-13-23-19)25-5-7-29-8-6-25/h2-4,9-10,12-14H,5-8,11H2,1H3,(H,21,27). The molecular formula is C20H22N6O3. The number of anilines is 1. The minimum atomic E-state index is -0.256. The minimum Gasteiger partial charge on any atom is -0.497 e. The van der Waals surface area contributed by atoms with Crippen molar-refractivity contribution in [2.24, 2.45) is 0 Å². The van der Waals surface area contributed by atoms with Gasteiger partial charge in [0.15, 0.2) is 0 Å². The highest BCUT2D eigenvalue weighted by atomic mass is 16.5. The molecule has 1 saturated heterocycles. The Morgan fingerprint density at radius 3 is 2.83 bits per heavy atom. The fourth-order valence-electron chi connectivity index (χ4n) is 3.06. The summed E-state index contributed by atoms with van der Waals surface area (Å²) in [6, 6.07) is 9.43. The second-order valence-corrected chi connectivity index (χ2v) is 6.53. The van der Waals surface area contributed by atoms with E-state index in [2.05, 4.69) is 25.2 Å². The second kappa shape index (κ2) is 8.70. The average molecular weight is 394 g/mol. The molecule has 3 heterocycles. The number of carbonyl (C=O) groups excluding carboxylic acids is 1. The normalized spacial score (nSPS) is 13.9. The summed E-state index contributed by atoms with van der Waals surface area (Å²) in [5.74, 6) is 1.98. The largest absolute Gasteiger partial charge is 0.497 e. The second-order valence-electron chi connectivity index (χ2n) is 6.53. The lowest BCUT2D eigenvalue weighted by molar-refractivity contribution is 0.0946. The summed E-state index contributed by atoms with van der Waals surface area (Å²) < 4.78 is 12.3. The van der Waals surface area contributed by atoms with Crippen LogP contribution in [0.1, 0.15) is 16.1 Å². The van der Waals surface area contributed by atoms with E-state index in [1.165, 1.54) is 6.33 Å². The zero-order valence-electron chi connectivity index (χ0n) is 16.1. The maximum Gasteiger partial charge on any atom is 0.271 e. The number of imidazole rings is 1. The number of carbonyl (C=O) groups is 1. The SMILES string of the molecule is COc1cccc(CNC(=O)c2cn(-c3cc(N4CCOCC4)ncn3)cn2)c1. The fourth-order valence-corrected chi connectivity index (χ4v) is 3.06. The Balaban J connectivity index is 1.43. The number of hydrogen-bond donors (Lipinski definition) is 1. The summed E-state index contributed by atoms with van der Waals surface area (Å²) in [6.07, 6.45) is 4.75. The molecule has 1 N–H and O–H groups in total. The van der Waals surface area contributed by atoms with Gasteiger partial charge < -0.3 is 19.7 Å². The number of amides is 1. The smallest absolute Gasteiger partial charge is 0.271 e. The highest BCUT2D eigenvalue weighted by molar-refractivity contribution is 5.92. The van der Waals surface area contributed by atoms with Gasteiger partial charge in [0.25, 0.3) is 5.91 Å². The number of nitrogens with one attached hydrogen (secondary N) is 1. The molecule has 0 saturated carbocycles. The van der Waals surface area contributed by atoms with Crippen LogP contribution in [0.25, 0.3) is 5.82 Å². The zero-order chi connectivity index (χ0) is 20.1. The lowest BCUT2D eigenvalue weighted by Gasteiger charge is -2.27. The van der Waals surface area contributed by atoms with Crippen molar-refractivity contribution in [1.29, 1.82) is 0 Å². The third kappa shape index (κ3) is 4.52. The van der Waals surface area contributed by atoms with Crippen LogP contribution in [-0.2, 0) is 11.3 Å². The summed E-state index contributed by atoms with van der Waals surface area (Å²) in [4.78, 5) is 27.5. The summed E-state index contributed by atoms with van der Waals surface area (Å²) in [5, 5.41) is 2.87. The van der Waals surface area contributed by atoms with Crippen LogP contribution in [0.5, 0.6) is 5.75 Å². The van der Waals surface area contributed by atoms with E-state index in [1.807, 2.05) is 30.3 Å². The van der Waals surface area contributed by atoms with E-state index in [9.17, 15) is 4.79 Å². The van der Waals surface area contributed by atoms with E-state index in [-0.39, 0.29) is 5.91 Å². The molecule has 3 aromatic rings. The minimum absolute atomic E-state index is 0.256. The molecule has 2 aromatic heterocycles. The van der Waals surface area contributed by atoms with Crippen LogP contribution in [0.15, 0.2) is 49.2 Å². The van der Waals surface area contributed by atoms with Gasteiger partial charge in [-0.2, -0.15) is 0 Å². The first kappa shape index (κ1) is 18.9. The van der Waals surface area contributed by atoms with Gasteiger partial charge in [0, 0.05) is 31.9 Å². The molecule has 150 valence electrons. The molecule has 0 spiro atoms. The van der Waals surface area contributed by atoms with Gasteiger partial charge in [-0.05, 0) is 17.7 Å². The predicted octanol–water partition coefficient (Wildman–Crippen LogP) is 1.44. The van der Waals surface area contributed by atoms with Gasteiger partial charge in [0.05, 0.1) is 20.3 Å². The van der Waals surface area contributed by atoms with Crippen molar-refractivity contribution in [1.82, 2.24) is 24.8 Å². The van der Waals surface area contributed by atoms with E-state index in [0.717, 1.165) is 30.2 Å². The van der Waals surface area contributed by atoms with Gasteiger partial charge in [0.2, 0.25) is 0 Å². The molecule has 1 aliphatic heterocycles. The van der Waals surface area contributed by atoms with Crippen molar-refractivity contribution >= 4 is 11.7 Å². The van der Waals surface area contributed by atoms with Crippen LogP contribution in [-0.4, -0.2) is 58.8 Å². The number of rotatable bonds is 6. The average Bonchev–Trinajstić information content (AvgIpc) is 3.29. The van der Waals surface area contributed by atoms with E-state index in [4.69, 9.17) is 9.47 Å². The Morgan fingerprint density at radius 2 is 2.00 bits per heavy atom. The molecule has 1 aromatic carbocycles. The van der Waals surface area contributed by atoms with Gasteiger partial charge in [-0.1, -0.05) is 12.1 Å². The Labute approximate surface area is 168 Å². The van der Waals surface area contributed by atoms with Gasteiger partial charge in [-0.3, -0.25) is 9.36 Å². The Kier molecular flexibility index (Phi) is 5.66. The van der Waals surface area contributed by atoms with Gasteiger partial charge in [-0.25, -0.2) is 15.0 Å². The summed E-state index contributed by atoms with van der Waals surface area (Å²) in [6.45, 7) is 3.33. The molecule has 0 aliphatic carbocycles. The van der Waals surface area contributed by atoms with Crippen molar-refractivity contribution in [3.05, 3.63) is 60.4 Å². The first-order valence-corrected chi connectivity index (χ1v) is 9.33. The van der Waals surface area contributed by atoms with Crippen LogP contribution in [0.2, 0.25) is 0 Å².